The summed E-state index contributed by atoms with van der Waals surface area (Å²) in [7, 11) is 1.60. The molecule has 0 unspecified atom stereocenters. The maximum Gasteiger partial charge on any atom is 0.390 e. The van der Waals surface area contributed by atoms with Crippen LogP contribution in [0.1, 0.15) is 18.0 Å². The second kappa shape index (κ2) is 8.25. The number of alkyl halides is 3. The Morgan fingerprint density at radius 3 is 2.36 bits per heavy atom. The first-order valence-electron chi connectivity index (χ1n) is 8.05. The molecule has 0 saturated carbocycles. The smallest absolute Gasteiger partial charge is 0.390 e. The van der Waals surface area contributed by atoms with Gasteiger partial charge in [0.15, 0.2) is 0 Å². The average Bonchev–Trinajstić information content (AvgIpc) is 2.59. The molecule has 1 aliphatic rings. The zero-order valence-corrected chi connectivity index (χ0v) is 14.8. The maximum absolute atomic E-state index is 13.1. The first kappa shape index (κ1) is 19.8. The van der Waals surface area contributed by atoms with Gasteiger partial charge >= 0.3 is 6.18 Å². The number of benzene rings is 2. The number of halogens is 4. The highest BCUT2D eigenvalue weighted by molar-refractivity contribution is 5.85. The van der Waals surface area contributed by atoms with Gasteiger partial charge in [0, 0.05) is 32.2 Å². The molecule has 1 aliphatic heterocycles. The van der Waals surface area contributed by atoms with Crippen LogP contribution >= 0.6 is 12.4 Å². The van der Waals surface area contributed by atoms with E-state index in [2.05, 4.69) is 5.32 Å². The van der Waals surface area contributed by atoms with Gasteiger partial charge in [-0.25, -0.2) is 0 Å². The summed E-state index contributed by atoms with van der Waals surface area (Å²) in [4.78, 5) is 1.93. The van der Waals surface area contributed by atoms with Crippen LogP contribution in [0.4, 0.5) is 13.2 Å². The zero-order valence-electron chi connectivity index (χ0n) is 14.0. The topological polar surface area (TPSA) is 24.5 Å². The van der Waals surface area contributed by atoms with E-state index in [1.165, 1.54) is 0 Å². The number of rotatable bonds is 4. The van der Waals surface area contributed by atoms with E-state index in [1.807, 2.05) is 35.2 Å². The predicted octanol–water partition coefficient (Wildman–Crippen LogP) is 4.17. The fourth-order valence-corrected chi connectivity index (χ4v) is 3.25. The van der Waals surface area contributed by atoms with Crippen LogP contribution in [0.25, 0.3) is 10.8 Å². The summed E-state index contributed by atoms with van der Waals surface area (Å²) in [6.45, 7) is 2.70. The summed E-state index contributed by atoms with van der Waals surface area (Å²) in [5.41, 5.74) is 0.715. The number of nitrogens with one attached hydrogen (secondary N) is 1. The minimum Gasteiger partial charge on any atom is -0.497 e. The summed E-state index contributed by atoms with van der Waals surface area (Å²) in [5, 5.41) is 5.08. The lowest BCUT2D eigenvalue weighted by atomic mass is 9.97. The van der Waals surface area contributed by atoms with Gasteiger partial charge in [0.05, 0.1) is 13.5 Å². The van der Waals surface area contributed by atoms with Crippen LogP contribution in [0.5, 0.6) is 5.75 Å². The molecule has 1 fully saturated rings. The number of nitrogens with zero attached hydrogens (tertiary/aromatic N) is 1. The second-order valence-electron chi connectivity index (χ2n) is 6.09. The second-order valence-corrected chi connectivity index (χ2v) is 6.09. The van der Waals surface area contributed by atoms with Gasteiger partial charge in [-0.2, -0.15) is 13.2 Å². The molecule has 1 saturated heterocycles. The van der Waals surface area contributed by atoms with E-state index in [9.17, 15) is 13.2 Å². The molecule has 0 aromatic heterocycles. The van der Waals surface area contributed by atoms with Crippen LogP contribution in [-0.2, 0) is 0 Å². The molecule has 1 atom stereocenters. The largest absolute Gasteiger partial charge is 0.497 e. The van der Waals surface area contributed by atoms with Crippen molar-refractivity contribution < 1.29 is 17.9 Å². The molecule has 2 aromatic carbocycles. The van der Waals surface area contributed by atoms with Crippen LogP contribution in [0.15, 0.2) is 36.4 Å². The van der Waals surface area contributed by atoms with Gasteiger partial charge in [0.1, 0.15) is 5.75 Å². The van der Waals surface area contributed by atoms with E-state index in [0.717, 1.165) is 29.6 Å². The van der Waals surface area contributed by atoms with E-state index in [-0.39, 0.29) is 12.4 Å². The Morgan fingerprint density at radius 1 is 1.08 bits per heavy atom. The fraction of sp³-hybridized carbons (Fsp3) is 0.444. The first-order chi connectivity index (χ1) is 11.5. The van der Waals surface area contributed by atoms with Gasteiger partial charge in [-0.3, -0.25) is 4.90 Å². The molecule has 25 heavy (non-hydrogen) atoms. The van der Waals surface area contributed by atoms with Gasteiger partial charge in [0.2, 0.25) is 0 Å². The van der Waals surface area contributed by atoms with E-state index >= 15 is 0 Å². The summed E-state index contributed by atoms with van der Waals surface area (Å²) < 4.78 is 44.5. The van der Waals surface area contributed by atoms with Gasteiger partial charge in [-0.1, -0.05) is 18.2 Å². The number of piperazine rings is 1. The third kappa shape index (κ3) is 5.00. The molecule has 1 N–H and O–H groups in total. The number of hydrogen-bond donors (Lipinski definition) is 1. The molecule has 7 heteroatoms. The Balaban J connectivity index is 0.00000225. The normalized spacial score (nSPS) is 17.1. The highest BCUT2D eigenvalue weighted by Gasteiger charge is 2.36. The molecule has 3 rings (SSSR count). The van der Waals surface area contributed by atoms with Crippen LogP contribution in [0.2, 0.25) is 0 Å². The lowest BCUT2D eigenvalue weighted by Gasteiger charge is -2.35. The van der Waals surface area contributed by atoms with Crippen molar-refractivity contribution in [3.63, 3.8) is 0 Å². The zero-order chi connectivity index (χ0) is 17.2. The maximum atomic E-state index is 13.1. The molecular weight excluding hydrogens is 353 g/mol. The minimum absolute atomic E-state index is 0. The molecule has 1 heterocycles. The van der Waals surface area contributed by atoms with Gasteiger partial charge in [-0.15, -0.1) is 12.4 Å². The lowest BCUT2D eigenvalue weighted by molar-refractivity contribution is -0.148. The standard InChI is InChI=1S/C18H21F3N2O.ClH/c1-24-16-5-4-13-10-15(3-2-14(13)11-16)17(12-18(19,20)21)23-8-6-22-7-9-23;/h2-5,10-11,17,22H,6-9,12H2,1H3;1H/t17-;/m1./s1. The molecule has 3 nitrogen and oxygen atoms in total. The molecule has 0 amide bonds. The Morgan fingerprint density at radius 2 is 1.72 bits per heavy atom. The Labute approximate surface area is 151 Å². The van der Waals surface area contributed by atoms with Crippen molar-refractivity contribution in [3.05, 3.63) is 42.0 Å². The van der Waals surface area contributed by atoms with Crippen LogP contribution < -0.4 is 10.1 Å². The monoisotopic (exact) mass is 374 g/mol. The fourth-order valence-electron chi connectivity index (χ4n) is 3.25. The molecule has 0 radical (unpaired) electrons. The Hall–Kier alpha value is -1.50. The van der Waals surface area contributed by atoms with E-state index < -0.39 is 18.6 Å². The highest BCUT2D eigenvalue weighted by atomic mass is 35.5. The lowest BCUT2D eigenvalue weighted by Crippen LogP contribution is -2.46. The van der Waals surface area contributed by atoms with E-state index in [1.54, 1.807) is 13.2 Å². The molecule has 2 aromatic rings. The predicted molar refractivity (Wildman–Crippen MR) is 95.6 cm³/mol. The number of fused-ring (bicyclic) bond motifs is 1. The van der Waals surface area contributed by atoms with Crippen LogP contribution in [0, 0.1) is 0 Å². The number of hydrogen-bond acceptors (Lipinski definition) is 3. The molecule has 0 spiro atoms. The quantitative estimate of drug-likeness (QED) is 0.869. The molecule has 0 bridgehead atoms. The van der Waals surface area contributed by atoms with Crippen LogP contribution in [-0.4, -0.2) is 44.4 Å². The Kier molecular flexibility index (Phi) is 6.54. The first-order valence-corrected chi connectivity index (χ1v) is 8.05. The highest BCUT2D eigenvalue weighted by Crippen LogP contribution is 2.35. The van der Waals surface area contributed by atoms with Crippen molar-refractivity contribution in [2.24, 2.45) is 0 Å². The van der Waals surface area contributed by atoms with Crippen LogP contribution in [0.3, 0.4) is 0 Å². The van der Waals surface area contributed by atoms with Crippen molar-refractivity contribution in [2.45, 2.75) is 18.6 Å². The SMILES string of the molecule is COc1ccc2cc([C@@H](CC(F)(F)F)N3CCNCC3)ccc2c1.Cl. The third-order valence-electron chi connectivity index (χ3n) is 4.47. The van der Waals surface area contributed by atoms with Crippen molar-refractivity contribution in [1.82, 2.24) is 10.2 Å². The van der Waals surface area contributed by atoms with Crippen molar-refractivity contribution in [2.75, 3.05) is 33.3 Å². The van der Waals surface area contributed by atoms with Crippen molar-refractivity contribution in [3.8, 4) is 5.75 Å². The molecular formula is C18H22ClF3N2O. The molecule has 138 valence electrons. The summed E-state index contributed by atoms with van der Waals surface area (Å²) >= 11 is 0. The van der Waals surface area contributed by atoms with Gasteiger partial charge in [0.25, 0.3) is 0 Å². The minimum atomic E-state index is -4.19. The van der Waals surface area contributed by atoms with E-state index in [4.69, 9.17) is 4.74 Å². The van der Waals surface area contributed by atoms with Crippen molar-refractivity contribution >= 4 is 23.2 Å². The number of methoxy groups -OCH3 is 1. The molecule has 0 aliphatic carbocycles. The summed E-state index contributed by atoms with van der Waals surface area (Å²) in [6, 6.07) is 10.5. The number of ether oxygens (including phenoxy) is 1. The average molecular weight is 375 g/mol. The third-order valence-corrected chi connectivity index (χ3v) is 4.47. The Bertz CT molecular complexity index is 702. The van der Waals surface area contributed by atoms with E-state index in [0.29, 0.717) is 18.7 Å². The van der Waals surface area contributed by atoms with Gasteiger partial charge < -0.3 is 10.1 Å². The summed E-state index contributed by atoms with van der Waals surface area (Å²) in [5.74, 6) is 0.740. The summed E-state index contributed by atoms with van der Waals surface area (Å²) in [6.07, 6.45) is -5.01. The van der Waals surface area contributed by atoms with Gasteiger partial charge in [-0.05, 0) is 34.5 Å². The van der Waals surface area contributed by atoms with Crippen molar-refractivity contribution in [1.29, 1.82) is 0 Å².